The molecule has 25 heavy (non-hydrogen) atoms. The van der Waals surface area contributed by atoms with Gasteiger partial charge >= 0.3 is 0 Å². The molecule has 0 aliphatic rings. The lowest BCUT2D eigenvalue weighted by atomic mass is 10.0. The van der Waals surface area contributed by atoms with E-state index in [4.69, 9.17) is 5.73 Å². The lowest BCUT2D eigenvalue weighted by Gasteiger charge is -2.13. The summed E-state index contributed by atoms with van der Waals surface area (Å²) < 4.78 is 0. The average molecular weight is 355 g/mol. The van der Waals surface area contributed by atoms with Gasteiger partial charge in [-0.25, -0.2) is 0 Å². The second-order valence-corrected chi connectivity index (χ2v) is 7.60. The smallest absolute Gasteiger partial charge is 0.234 e. The first-order chi connectivity index (χ1) is 12.2. The van der Waals surface area contributed by atoms with Crippen molar-refractivity contribution >= 4 is 5.91 Å². The lowest BCUT2D eigenvalue weighted by Crippen LogP contribution is -2.41. The van der Waals surface area contributed by atoms with Gasteiger partial charge < -0.3 is 11.1 Å². The van der Waals surface area contributed by atoms with Crippen molar-refractivity contribution in [2.45, 2.75) is 129 Å². The summed E-state index contributed by atoms with van der Waals surface area (Å²) in [5.74, 6) is -0.206. The van der Waals surface area contributed by atoms with Gasteiger partial charge in [-0.1, -0.05) is 117 Å². The second kappa shape index (κ2) is 19.8. The Labute approximate surface area is 157 Å². The lowest BCUT2D eigenvalue weighted by molar-refractivity contribution is -0.120. The Morgan fingerprint density at radius 1 is 0.680 bits per heavy atom. The number of unbranched alkanes of at least 4 members (excludes halogenated alkanes) is 15. The van der Waals surface area contributed by atoms with Gasteiger partial charge in [-0.2, -0.15) is 0 Å². The Morgan fingerprint density at radius 3 is 1.36 bits per heavy atom. The van der Waals surface area contributed by atoms with Crippen LogP contribution in [0.5, 0.6) is 0 Å². The molecule has 1 amide bonds. The van der Waals surface area contributed by atoms with Crippen LogP contribution in [-0.4, -0.2) is 18.5 Å². The number of likely N-dealkylation sites (N-methyl/N-ethyl adjacent to an activating group) is 1. The normalized spacial score (nSPS) is 12.4. The Morgan fingerprint density at radius 2 is 1.04 bits per heavy atom. The zero-order valence-electron chi connectivity index (χ0n) is 17.3. The fraction of sp³-hybridized carbons (Fsp3) is 0.955. The van der Waals surface area contributed by atoms with Crippen LogP contribution in [0.25, 0.3) is 0 Å². The van der Waals surface area contributed by atoms with Crippen molar-refractivity contribution in [1.82, 2.24) is 5.32 Å². The average Bonchev–Trinajstić information content (AvgIpc) is 2.60. The zero-order chi connectivity index (χ0) is 18.6. The summed E-state index contributed by atoms with van der Waals surface area (Å²) in [4.78, 5) is 11.2. The first-order valence-electron chi connectivity index (χ1n) is 11.2. The Hall–Kier alpha value is -0.570. The van der Waals surface area contributed by atoms with E-state index in [-0.39, 0.29) is 11.9 Å². The van der Waals surface area contributed by atoms with Gasteiger partial charge in [0, 0.05) is 0 Å². The molecule has 0 heterocycles. The summed E-state index contributed by atoms with van der Waals surface area (Å²) >= 11 is 0. The van der Waals surface area contributed by atoms with Crippen molar-refractivity contribution < 1.29 is 4.79 Å². The highest BCUT2D eigenvalue weighted by atomic mass is 16.1. The zero-order valence-corrected chi connectivity index (χ0v) is 17.3. The van der Waals surface area contributed by atoms with Gasteiger partial charge in [0.05, 0.1) is 6.04 Å². The Bertz CT molecular complexity index is 281. The van der Waals surface area contributed by atoms with Crippen LogP contribution in [-0.2, 0) is 4.79 Å². The largest absolute Gasteiger partial charge is 0.368 e. The highest BCUT2D eigenvalue weighted by molar-refractivity contribution is 5.79. The van der Waals surface area contributed by atoms with E-state index in [1.807, 2.05) is 6.92 Å². The predicted molar refractivity (Wildman–Crippen MR) is 111 cm³/mol. The Kier molecular flexibility index (Phi) is 19.3. The molecule has 0 radical (unpaired) electrons. The van der Waals surface area contributed by atoms with Gasteiger partial charge in [-0.05, 0) is 13.0 Å². The minimum atomic E-state index is -0.206. The third-order valence-electron chi connectivity index (χ3n) is 5.14. The maximum atomic E-state index is 11.2. The molecule has 0 aliphatic carbocycles. The number of rotatable bonds is 20. The van der Waals surface area contributed by atoms with Crippen LogP contribution in [0.3, 0.4) is 0 Å². The highest BCUT2D eigenvalue weighted by Crippen LogP contribution is 2.14. The summed E-state index contributed by atoms with van der Waals surface area (Å²) in [7, 11) is 0. The molecule has 1 atom stereocenters. The van der Waals surface area contributed by atoms with Crippen LogP contribution >= 0.6 is 0 Å². The molecule has 3 N–H and O–H groups in total. The molecule has 0 spiro atoms. The molecule has 0 saturated carbocycles. The van der Waals surface area contributed by atoms with E-state index in [9.17, 15) is 4.79 Å². The molecule has 0 rings (SSSR count). The van der Waals surface area contributed by atoms with Gasteiger partial charge in [-0.15, -0.1) is 0 Å². The summed E-state index contributed by atoms with van der Waals surface area (Å²) in [6.45, 7) is 5.11. The van der Waals surface area contributed by atoms with Crippen molar-refractivity contribution in [3.63, 3.8) is 0 Å². The molecule has 0 saturated heterocycles. The minimum Gasteiger partial charge on any atom is -0.368 e. The van der Waals surface area contributed by atoms with Gasteiger partial charge in [0.25, 0.3) is 0 Å². The van der Waals surface area contributed by atoms with E-state index in [0.717, 1.165) is 19.4 Å². The van der Waals surface area contributed by atoms with E-state index in [1.165, 1.54) is 96.3 Å². The molecule has 0 bridgehead atoms. The molecule has 0 aromatic carbocycles. The van der Waals surface area contributed by atoms with E-state index in [0.29, 0.717) is 0 Å². The summed E-state index contributed by atoms with van der Waals surface area (Å²) in [6.07, 6.45) is 22.9. The second-order valence-electron chi connectivity index (χ2n) is 7.60. The molecule has 0 aromatic heterocycles. The van der Waals surface area contributed by atoms with E-state index < -0.39 is 0 Å². The number of carbonyl (C=O) groups excluding carboxylic acids is 1. The number of carbonyl (C=O) groups is 1. The molecular weight excluding hydrogens is 308 g/mol. The van der Waals surface area contributed by atoms with E-state index >= 15 is 0 Å². The number of nitrogens with one attached hydrogen (secondary N) is 1. The number of hydrogen-bond donors (Lipinski definition) is 2. The molecule has 3 heteroatoms. The number of primary amides is 1. The minimum absolute atomic E-state index is 0.128. The van der Waals surface area contributed by atoms with Crippen LogP contribution in [0.1, 0.15) is 123 Å². The van der Waals surface area contributed by atoms with Crippen LogP contribution in [0.4, 0.5) is 0 Å². The molecule has 0 aliphatic heterocycles. The van der Waals surface area contributed by atoms with Crippen LogP contribution < -0.4 is 11.1 Å². The molecule has 150 valence electrons. The van der Waals surface area contributed by atoms with Crippen molar-refractivity contribution in [2.75, 3.05) is 6.54 Å². The molecule has 3 nitrogen and oxygen atoms in total. The van der Waals surface area contributed by atoms with Crippen LogP contribution in [0, 0.1) is 0 Å². The molecule has 0 fully saturated rings. The summed E-state index contributed by atoms with van der Waals surface area (Å²) in [6, 6.07) is -0.128. The monoisotopic (exact) mass is 354 g/mol. The van der Waals surface area contributed by atoms with Gasteiger partial charge in [0.1, 0.15) is 0 Å². The predicted octanol–water partition coefficient (Wildman–Crippen LogP) is 6.10. The van der Waals surface area contributed by atoms with Crippen molar-refractivity contribution in [1.29, 1.82) is 0 Å². The number of hydrogen-bond acceptors (Lipinski definition) is 2. The fourth-order valence-electron chi connectivity index (χ4n) is 3.49. The van der Waals surface area contributed by atoms with Crippen LogP contribution in [0.15, 0.2) is 0 Å². The maximum Gasteiger partial charge on any atom is 0.234 e. The third-order valence-corrected chi connectivity index (χ3v) is 5.14. The quantitative estimate of drug-likeness (QED) is 0.259. The number of nitrogens with two attached hydrogens (primary N) is 1. The standard InChI is InChI=1S/C22H46N2O/c1-3-5-6-7-8-9-10-11-12-13-14-15-16-17-18-19-20-21(22(23)25)24-4-2/h21,24H,3-20H2,1-2H3,(H2,23,25). The SMILES string of the molecule is CCCCCCCCCCCCCCCCCCC(NCC)C(N)=O. The topological polar surface area (TPSA) is 55.1 Å². The summed E-state index contributed by atoms with van der Waals surface area (Å²) in [5.41, 5.74) is 5.39. The van der Waals surface area contributed by atoms with Gasteiger partial charge in [0.15, 0.2) is 0 Å². The Balaban J connectivity index is 3.17. The molecule has 0 aromatic rings. The fourth-order valence-corrected chi connectivity index (χ4v) is 3.49. The number of amides is 1. The summed E-state index contributed by atoms with van der Waals surface area (Å²) in [5, 5.41) is 3.16. The first kappa shape index (κ1) is 24.4. The molecular formula is C22H46N2O. The van der Waals surface area contributed by atoms with Crippen molar-refractivity contribution in [3.05, 3.63) is 0 Å². The highest BCUT2D eigenvalue weighted by Gasteiger charge is 2.12. The van der Waals surface area contributed by atoms with Gasteiger partial charge in [-0.3, -0.25) is 4.79 Å². The third kappa shape index (κ3) is 18.0. The van der Waals surface area contributed by atoms with Crippen molar-refractivity contribution in [2.24, 2.45) is 5.73 Å². The first-order valence-corrected chi connectivity index (χ1v) is 11.2. The molecule has 1 unspecified atom stereocenters. The van der Waals surface area contributed by atoms with E-state index in [2.05, 4.69) is 12.2 Å². The van der Waals surface area contributed by atoms with Crippen molar-refractivity contribution in [3.8, 4) is 0 Å². The van der Waals surface area contributed by atoms with E-state index in [1.54, 1.807) is 0 Å². The van der Waals surface area contributed by atoms with Crippen LogP contribution in [0.2, 0.25) is 0 Å². The van der Waals surface area contributed by atoms with Gasteiger partial charge in [0.2, 0.25) is 5.91 Å². The maximum absolute atomic E-state index is 11.2.